The van der Waals surface area contributed by atoms with Crippen LogP contribution in [0.1, 0.15) is 16.2 Å². The van der Waals surface area contributed by atoms with Crippen LogP contribution in [0.15, 0.2) is 46.9 Å². The topological polar surface area (TPSA) is 55.6 Å². The van der Waals surface area contributed by atoms with Crippen molar-refractivity contribution in [2.45, 2.75) is 6.92 Å². The van der Waals surface area contributed by atoms with Gasteiger partial charge in [0.05, 0.1) is 12.2 Å². The van der Waals surface area contributed by atoms with Crippen LogP contribution in [0, 0.1) is 6.92 Å². The van der Waals surface area contributed by atoms with Crippen molar-refractivity contribution in [3.8, 4) is 5.75 Å². The summed E-state index contributed by atoms with van der Waals surface area (Å²) in [6, 6.07) is 12.9. The Labute approximate surface area is 152 Å². The first kappa shape index (κ1) is 16.8. The summed E-state index contributed by atoms with van der Waals surface area (Å²) in [5.41, 5.74) is 1.73. The summed E-state index contributed by atoms with van der Waals surface area (Å²) < 4.78 is 8.22. The molecule has 0 bridgehead atoms. The van der Waals surface area contributed by atoms with E-state index in [0.717, 1.165) is 10.2 Å². The standard InChI is InChI=1S/C17H15BrClN3O2/c1-11-16(22-14(19)3-2-4-15(22)21-11)17(23)20-9-10-24-13-7-5-12(18)6-8-13/h2-8H,9-10H2,1H3,(H,20,23). The Morgan fingerprint density at radius 2 is 2.04 bits per heavy atom. The number of pyridine rings is 1. The van der Waals surface area contributed by atoms with Gasteiger partial charge in [-0.3, -0.25) is 9.20 Å². The Hall–Kier alpha value is -2.05. The molecule has 24 heavy (non-hydrogen) atoms. The molecular weight excluding hydrogens is 394 g/mol. The van der Waals surface area contributed by atoms with Crippen molar-refractivity contribution >= 4 is 39.1 Å². The number of amides is 1. The number of carbonyl (C=O) groups excluding carboxylic acids is 1. The molecule has 0 saturated heterocycles. The second-order valence-corrected chi connectivity index (χ2v) is 6.45. The Morgan fingerprint density at radius 3 is 2.79 bits per heavy atom. The van der Waals surface area contributed by atoms with Crippen molar-refractivity contribution in [3.63, 3.8) is 0 Å². The number of benzene rings is 1. The first-order valence-corrected chi connectivity index (χ1v) is 8.53. The Kier molecular flexibility index (Phi) is 5.06. The zero-order valence-electron chi connectivity index (χ0n) is 12.9. The fourth-order valence-electron chi connectivity index (χ4n) is 2.38. The number of aryl methyl sites for hydroxylation is 1. The molecule has 2 aromatic heterocycles. The summed E-state index contributed by atoms with van der Waals surface area (Å²) in [4.78, 5) is 16.8. The minimum absolute atomic E-state index is 0.229. The van der Waals surface area contributed by atoms with Crippen molar-refractivity contribution < 1.29 is 9.53 Å². The molecule has 7 heteroatoms. The summed E-state index contributed by atoms with van der Waals surface area (Å²) in [6.45, 7) is 2.54. The number of hydrogen-bond donors (Lipinski definition) is 1. The summed E-state index contributed by atoms with van der Waals surface area (Å²) in [7, 11) is 0. The SMILES string of the molecule is Cc1nc2cccc(Cl)n2c1C(=O)NCCOc1ccc(Br)cc1. The Morgan fingerprint density at radius 1 is 1.29 bits per heavy atom. The van der Waals surface area contributed by atoms with Gasteiger partial charge in [0.2, 0.25) is 0 Å². The van der Waals surface area contributed by atoms with E-state index in [0.29, 0.717) is 35.3 Å². The van der Waals surface area contributed by atoms with Crippen LogP contribution in [0.5, 0.6) is 5.75 Å². The predicted octanol–water partition coefficient (Wildman–Crippen LogP) is 3.87. The van der Waals surface area contributed by atoms with Gasteiger partial charge in [-0.25, -0.2) is 4.98 Å². The molecular formula is C17H15BrClN3O2. The third-order valence-corrected chi connectivity index (χ3v) is 4.28. The summed E-state index contributed by atoms with van der Waals surface area (Å²) >= 11 is 9.56. The van der Waals surface area contributed by atoms with Crippen LogP contribution in [0.4, 0.5) is 0 Å². The first-order valence-electron chi connectivity index (χ1n) is 7.36. The molecule has 1 N–H and O–H groups in total. The number of carbonyl (C=O) groups is 1. The highest BCUT2D eigenvalue weighted by Gasteiger charge is 2.17. The lowest BCUT2D eigenvalue weighted by molar-refractivity contribution is 0.0940. The van der Waals surface area contributed by atoms with Crippen LogP contribution in [0.25, 0.3) is 5.65 Å². The van der Waals surface area contributed by atoms with Crippen LogP contribution in [0.2, 0.25) is 5.15 Å². The van der Waals surface area contributed by atoms with Crippen molar-refractivity contribution in [1.82, 2.24) is 14.7 Å². The first-order chi connectivity index (χ1) is 11.6. The van der Waals surface area contributed by atoms with Crippen molar-refractivity contribution in [2.24, 2.45) is 0 Å². The molecule has 0 saturated carbocycles. The lowest BCUT2D eigenvalue weighted by Gasteiger charge is -2.09. The average molecular weight is 409 g/mol. The molecule has 0 fully saturated rings. The monoisotopic (exact) mass is 407 g/mol. The van der Waals surface area contributed by atoms with Crippen LogP contribution >= 0.6 is 27.5 Å². The molecule has 124 valence electrons. The number of aromatic nitrogens is 2. The zero-order valence-corrected chi connectivity index (χ0v) is 15.3. The molecule has 0 radical (unpaired) electrons. The van der Waals surface area contributed by atoms with E-state index in [2.05, 4.69) is 26.2 Å². The van der Waals surface area contributed by atoms with Gasteiger partial charge < -0.3 is 10.1 Å². The van der Waals surface area contributed by atoms with Gasteiger partial charge in [0, 0.05) is 4.47 Å². The minimum Gasteiger partial charge on any atom is -0.492 e. The predicted molar refractivity (Wildman–Crippen MR) is 96.9 cm³/mol. The summed E-state index contributed by atoms with van der Waals surface area (Å²) in [6.07, 6.45) is 0. The maximum absolute atomic E-state index is 12.5. The quantitative estimate of drug-likeness (QED) is 0.515. The molecule has 0 aliphatic heterocycles. The maximum Gasteiger partial charge on any atom is 0.270 e. The number of nitrogens with one attached hydrogen (secondary N) is 1. The lowest BCUT2D eigenvalue weighted by atomic mass is 10.3. The van der Waals surface area contributed by atoms with E-state index in [1.807, 2.05) is 30.3 Å². The molecule has 0 atom stereocenters. The van der Waals surface area contributed by atoms with E-state index in [1.54, 1.807) is 23.5 Å². The van der Waals surface area contributed by atoms with Crippen molar-refractivity contribution in [1.29, 1.82) is 0 Å². The van der Waals surface area contributed by atoms with E-state index >= 15 is 0 Å². The highest BCUT2D eigenvalue weighted by molar-refractivity contribution is 9.10. The minimum atomic E-state index is -0.229. The number of nitrogens with zero attached hydrogens (tertiary/aromatic N) is 2. The van der Waals surface area contributed by atoms with Gasteiger partial charge in [-0.05, 0) is 43.3 Å². The second-order valence-electron chi connectivity index (χ2n) is 5.15. The van der Waals surface area contributed by atoms with Gasteiger partial charge in [-0.1, -0.05) is 33.6 Å². The second kappa shape index (κ2) is 7.23. The fraction of sp³-hybridized carbons (Fsp3) is 0.176. The highest BCUT2D eigenvalue weighted by atomic mass is 79.9. The van der Waals surface area contributed by atoms with E-state index in [4.69, 9.17) is 16.3 Å². The van der Waals surface area contributed by atoms with Crippen LogP contribution < -0.4 is 10.1 Å². The molecule has 0 aliphatic rings. The molecule has 2 heterocycles. The largest absolute Gasteiger partial charge is 0.492 e. The molecule has 3 aromatic rings. The average Bonchev–Trinajstić information content (AvgIpc) is 2.90. The van der Waals surface area contributed by atoms with E-state index in [-0.39, 0.29) is 5.91 Å². The van der Waals surface area contributed by atoms with E-state index in [1.165, 1.54) is 0 Å². The molecule has 0 aliphatic carbocycles. The van der Waals surface area contributed by atoms with Gasteiger partial charge in [-0.2, -0.15) is 0 Å². The van der Waals surface area contributed by atoms with Crippen molar-refractivity contribution in [3.05, 3.63) is 63.5 Å². The lowest BCUT2D eigenvalue weighted by Crippen LogP contribution is -2.29. The number of hydrogen-bond acceptors (Lipinski definition) is 3. The third-order valence-electron chi connectivity index (χ3n) is 3.46. The highest BCUT2D eigenvalue weighted by Crippen LogP contribution is 2.18. The van der Waals surface area contributed by atoms with Gasteiger partial charge in [0.15, 0.2) is 0 Å². The van der Waals surface area contributed by atoms with Gasteiger partial charge >= 0.3 is 0 Å². The van der Waals surface area contributed by atoms with Gasteiger partial charge in [0.1, 0.15) is 28.9 Å². The van der Waals surface area contributed by atoms with Crippen LogP contribution in [-0.4, -0.2) is 28.4 Å². The fourth-order valence-corrected chi connectivity index (χ4v) is 2.89. The number of ether oxygens (including phenoxy) is 1. The normalized spacial score (nSPS) is 10.8. The number of halogens is 2. The molecule has 3 rings (SSSR count). The molecule has 5 nitrogen and oxygen atoms in total. The van der Waals surface area contributed by atoms with Crippen LogP contribution in [-0.2, 0) is 0 Å². The van der Waals surface area contributed by atoms with E-state index in [9.17, 15) is 4.79 Å². The summed E-state index contributed by atoms with van der Waals surface area (Å²) in [5.74, 6) is 0.522. The van der Waals surface area contributed by atoms with Gasteiger partial charge in [0.25, 0.3) is 5.91 Å². The number of fused-ring (bicyclic) bond motifs is 1. The van der Waals surface area contributed by atoms with Gasteiger partial charge in [-0.15, -0.1) is 0 Å². The molecule has 1 amide bonds. The molecule has 1 aromatic carbocycles. The molecule has 0 unspecified atom stereocenters. The van der Waals surface area contributed by atoms with Crippen LogP contribution in [0.3, 0.4) is 0 Å². The summed E-state index contributed by atoms with van der Waals surface area (Å²) in [5, 5.41) is 3.28. The van der Waals surface area contributed by atoms with Crippen molar-refractivity contribution in [2.75, 3.05) is 13.2 Å². The number of rotatable bonds is 5. The number of imidazole rings is 1. The smallest absolute Gasteiger partial charge is 0.270 e. The zero-order chi connectivity index (χ0) is 17.1. The molecule has 0 spiro atoms. The Bertz CT molecular complexity index is 877. The third kappa shape index (κ3) is 3.55. The van der Waals surface area contributed by atoms with E-state index < -0.39 is 0 Å². The Balaban J connectivity index is 1.63. The maximum atomic E-state index is 12.5.